The van der Waals surface area contributed by atoms with Gasteiger partial charge in [-0.25, -0.2) is 0 Å². The van der Waals surface area contributed by atoms with Crippen molar-refractivity contribution in [3.05, 3.63) is 12.2 Å². The molecule has 0 radical (unpaired) electrons. The summed E-state index contributed by atoms with van der Waals surface area (Å²) in [5, 5.41) is 8.47. The fourth-order valence-electron chi connectivity index (χ4n) is 0.656. The van der Waals surface area contributed by atoms with Gasteiger partial charge in [-0.2, -0.15) is 13.2 Å². The van der Waals surface area contributed by atoms with Crippen LogP contribution in [0.4, 0.5) is 13.2 Å². The molecule has 0 aromatic heterocycles. The number of unbranched alkanes of at least 4 members (excludes halogenated alkanes) is 2. The Kier molecular flexibility index (Phi) is 4.97. The lowest BCUT2D eigenvalue weighted by Crippen LogP contribution is -2.25. The fourth-order valence-corrected chi connectivity index (χ4v) is 0.656. The maximum Gasteiger partial charge on any atom is 0.417 e. The lowest BCUT2D eigenvalue weighted by atomic mass is 10.2. The highest BCUT2D eigenvalue weighted by molar-refractivity contribution is 4.92. The van der Waals surface area contributed by atoms with Gasteiger partial charge in [0.15, 0.2) is 6.10 Å². The average Bonchev–Trinajstić information content (AvgIpc) is 1.96. The van der Waals surface area contributed by atoms with E-state index in [-0.39, 0.29) is 0 Å². The van der Waals surface area contributed by atoms with Gasteiger partial charge < -0.3 is 5.11 Å². The highest BCUT2D eigenvalue weighted by Gasteiger charge is 2.35. The molecule has 12 heavy (non-hydrogen) atoms. The van der Waals surface area contributed by atoms with E-state index in [2.05, 4.69) is 0 Å². The molecule has 1 nitrogen and oxygen atoms in total. The minimum absolute atomic E-state index is 0.587. The van der Waals surface area contributed by atoms with Crippen molar-refractivity contribution in [3.8, 4) is 0 Å². The maximum atomic E-state index is 11.7. The molecule has 0 saturated heterocycles. The topological polar surface area (TPSA) is 20.2 Å². The fraction of sp³-hybridized carbons (Fsp3) is 0.750. The predicted octanol–water partition coefficient (Wildman–Crippen LogP) is 2.66. The average molecular weight is 182 g/mol. The van der Waals surface area contributed by atoms with Gasteiger partial charge in [0.25, 0.3) is 0 Å². The van der Waals surface area contributed by atoms with Crippen molar-refractivity contribution < 1.29 is 18.3 Å². The third-order valence-corrected chi connectivity index (χ3v) is 1.38. The van der Waals surface area contributed by atoms with Gasteiger partial charge in [0, 0.05) is 0 Å². The molecule has 4 heteroatoms. The first-order chi connectivity index (χ1) is 5.48. The number of hydrogen-bond acceptors (Lipinski definition) is 1. The molecular weight excluding hydrogens is 169 g/mol. The molecule has 0 fully saturated rings. The summed E-state index contributed by atoms with van der Waals surface area (Å²) in [5.74, 6) is 0. The first-order valence-electron chi connectivity index (χ1n) is 3.90. The molecule has 0 aliphatic heterocycles. The highest BCUT2D eigenvalue weighted by atomic mass is 19.4. The number of aliphatic hydroxyl groups is 1. The first-order valence-corrected chi connectivity index (χ1v) is 3.90. The summed E-state index contributed by atoms with van der Waals surface area (Å²) in [7, 11) is 0. The third kappa shape index (κ3) is 5.18. The zero-order valence-corrected chi connectivity index (χ0v) is 6.93. The normalized spacial score (nSPS) is 15.4. The molecule has 0 bridgehead atoms. The van der Waals surface area contributed by atoms with E-state index in [1.807, 2.05) is 6.92 Å². The molecule has 1 unspecified atom stereocenters. The molecule has 0 aromatic rings. The number of hydrogen-bond donors (Lipinski definition) is 1. The Morgan fingerprint density at radius 3 is 2.42 bits per heavy atom. The van der Waals surface area contributed by atoms with Crippen molar-refractivity contribution in [3.63, 3.8) is 0 Å². The van der Waals surface area contributed by atoms with Crippen LogP contribution < -0.4 is 0 Å². The van der Waals surface area contributed by atoms with E-state index >= 15 is 0 Å². The maximum absolute atomic E-state index is 11.7. The van der Waals surface area contributed by atoms with Crippen LogP contribution in [0.2, 0.25) is 0 Å². The van der Waals surface area contributed by atoms with Gasteiger partial charge in [0.05, 0.1) is 0 Å². The van der Waals surface area contributed by atoms with Crippen molar-refractivity contribution in [1.29, 1.82) is 0 Å². The van der Waals surface area contributed by atoms with Crippen LogP contribution >= 0.6 is 0 Å². The van der Waals surface area contributed by atoms with E-state index in [9.17, 15) is 13.2 Å². The standard InChI is InChI=1S/C8H13F3O/c1-2-3-4-5-6-7(12)8(9,10)11/h5-7,12H,2-4H2,1H3/b6-5-. The molecule has 0 aliphatic rings. The zero-order chi connectivity index (χ0) is 9.61. The number of rotatable bonds is 4. The van der Waals surface area contributed by atoms with Crippen molar-refractivity contribution in [2.24, 2.45) is 0 Å². The summed E-state index contributed by atoms with van der Waals surface area (Å²) in [6, 6.07) is 0. The summed E-state index contributed by atoms with van der Waals surface area (Å²) in [4.78, 5) is 0. The highest BCUT2D eigenvalue weighted by Crippen LogP contribution is 2.20. The van der Waals surface area contributed by atoms with Gasteiger partial charge in [-0.1, -0.05) is 31.9 Å². The summed E-state index contributed by atoms with van der Waals surface area (Å²) in [6.45, 7) is 1.95. The van der Waals surface area contributed by atoms with E-state index in [4.69, 9.17) is 5.11 Å². The Hall–Kier alpha value is -0.510. The molecule has 0 spiro atoms. The van der Waals surface area contributed by atoms with E-state index in [1.165, 1.54) is 6.08 Å². The zero-order valence-electron chi connectivity index (χ0n) is 6.93. The molecule has 0 aromatic carbocycles. The Morgan fingerprint density at radius 2 is 2.00 bits per heavy atom. The van der Waals surface area contributed by atoms with Gasteiger partial charge in [-0.05, 0) is 6.42 Å². The van der Waals surface area contributed by atoms with Crippen LogP contribution in [0.5, 0.6) is 0 Å². The van der Waals surface area contributed by atoms with Gasteiger partial charge in [-0.3, -0.25) is 0 Å². The molecule has 0 amide bonds. The summed E-state index contributed by atoms with van der Waals surface area (Å²) in [5.41, 5.74) is 0. The largest absolute Gasteiger partial charge is 0.417 e. The van der Waals surface area contributed by atoms with E-state index in [1.54, 1.807) is 0 Å². The van der Waals surface area contributed by atoms with Crippen LogP contribution in [0.25, 0.3) is 0 Å². The van der Waals surface area contributed by atoms with Crippen LogP contribution in [-0.4, -0.2) is 17.4 Å². The Labute approximate surface area is 69.9 Å². The van der Waals surface area contributed by atoms with Gasteiger partial charge in [0.2, 0.25) is 0 Å². The molecule has 0 aliphatic carbocycles. The molecule has 1 N–H and O–H groups in total. The summed E-state index contributed by atoms with van der Waals surface area (Å²) < 4.78 is 35.0. The van der Waals surface area contributed by atoms with Crippen molar-refractivity contribution in [1.82, 2.24) is 0 Å². The number of alkyl halides is 3. The molecular formula is C8H13F3O. The second kappa shape index (κ2) is 5.19. The Morgan fingerprint density at radius 1 is 1.42 bits per heavy atom. The lowest BCUT2D eigenvalue weighted by Gasteiger charge is -2.09. The molecule has 72 valence electrons. The van der Waals surface area contributed by atoms with Crippen molar-refractivity contribution in [2.45, 2.75) is 38.5 Å². The van der Waals surface area contributed by atoms with E-state index in [0.29, 0.717) is 6.42 Å². The van der Waals surface area contributed by atoms with Gasteiger partial charge in [-0.15, -0.1) is 0 Å². The smallest absolute Gasteiger partial charge is 0.380 e. The first kappa shape index (κ1) is 11.5. The summed E-state index contributed by atoms with van der Waals surface area (Å²) in [6.07, 6.45) is -2.31. The van der Waals surface area contributed by atoms with Gasteiger partial charge in [0.1, 0.15) is 0 Å². The van der Waals surface area contributed by atoms with Crippen LogP contribution in [0.15, 0.2) is 12.2 Å². The second-order valence-corrected chi connectivity index (χ2v) is 2.56. The second-order valence-electron chi connectivity index (χ2n) is 2.56. The SMILES string of the molecule is CCCC/C=C\C(O)C(F)(F)F. The number of halogens is 3. The van der Waals surface area contributed by atoms with Crippen molar-refractivity contribution in [2.75, 3.05) is 0 Å². The minimum atomic E-state index is -4.53. The molecule has 0 rings (SSSR count). The van der Waals surface area contributed by atoms with Crippen LogP contribution in [0.3, 0.4) is 0 Å². The van der Waals surface area contributed by atoms with Crippen LogP contribution in [0.1, 0.15) is 26.2 Å². The van der Waals surface area contributed by atoms with E-state index < -0.39 is 12.3 Å². The lowest BCUT2D eigenvalue weighted by molar-refractivity contribution is -0.187. The monoisotopic (exact) mass is 182 g/mol. The van der Waals surface area contributed by atoms with E-state index in [0.717, 1.165) is 18.9 Å². The van der Waals surface area contributed by atoms with Crippen LogP contribution in [0, 0.1) is 0 Å². The summed E-state index contributed by atoms with van der Waals surface area (Å²) >= 11 is 0. The predicted molar refractivity (Wildman–Crippen MR) is 40.7 cm³/mol. The quantitative estimate of drug-likeness (QED) is 0.523. The Bertz CT molecular complexity index is 140. The minimum Gasteiger partial charge on any atom is -0.380 e. The molecule has 0 saturated carbocycles. The number of aliphatic hydroxyl groups excluding tert-OH is 1. The number of allylic oxidation sites excluding steroid dienone is 1. The van der Waals surface area contributed by atoms with Crippen molar-refractivity contribution >= 4 is 0 Å². The Balaban J connectivity index is 3.68. The molecule has 1 atom stereocenters. The van der Waals surface area contributed by atoms with Crippen LogP contribution in [-0.2, 0) is 0 Å². The third-order valence-electron chi connectivity index (χ3n) is 1.38. The van der Waals surface area contributed by atoms with Gasteiger partial charge >= 0.3 is 6.18 Å². The molecule has 0 heterocycles.